The summed E-state index contributed by atoms with van der Waals surface area (Å²) in [6.07, 6.45) is 6.10. The minimum atomic E-state index is 0.193. The molecule has 0 aromatic heterocycles. The van der Waals surface area contributed by atoms with Crippen molar-refractivity contribution in [2.24, 2.45) is 0 Å². The van der Waals surface area contributed by atoms with Gasteiger partial charge in [-0.1, -0.05) is 19.3 Å². The zero-order chi connectivity index (χ0) is 14.4. The van der Waals surface area contributed by atoms with Crippen LogP contribution in [0.3, 0.4) is 0 Å². The number of anilines is 1. The molecule has 20 heavy (non-hydrogen) atoms. The van der Waals surface area contributed by atoms with Gasteiger partial charge in [0.1, 0.15) is 0 Å². The van der Waals surface area contributed by atoms with Gasteiger partial charge in [-0.3, -0.25) is 4.79 Å². The SMILES string of the molecule is CCNc1ccc(C(=O)N2CCCCCCC2)cc1C. The van der Waals surface area contributed by atoms with Gasteiger partial charge in [0.25, 0.3) is 5.91 Å². The van der Waals surface area contributed by atoms with Gasteiger partial charge in [-0.25, -0.2) is 0 Å². The van der Waals surface area contributed by atoms with E-state index in [1.165, 1.54) is 19.3 Å². The van der Waals surface area contributed by atoms with Gasteiger partial charge < -0.3 is 10.2 Å². The first-order valence-corrected chi connectivity index (χ1v) is 7.86. The molecular formula is C17H26N2O. The van der Waals surface area contributed by atoms with Crippen LogP contribution in [0.1, 0.15) is 54.9 Å². The Morgan fingerprint density at radius 3 is 2.40 bits per heavy atom. The van der Waals surface area contributed by atoms with E-state index in [0.717, 1.165) is 49.3 Å². The highest BCUT2D eigenvalue weighted by molar-refractivity contribution is 5.95. The monoisotopic (exact) mass is 274 g/mol. The minimum absolute atomic E-state index is 0.193. The average molecular weight is 274 g/mol. The number of amides is 1. The van der Waals surface area contributed by atoms with Crippen LogP contribution in [-0.4, -0.2) is 30.4 Å². The van der Waals surface area contributed by atoms with Crippen molar-refractivity contribution in [3.05, 3.63) is 29.3 Å². The Labute approximate surface area is 122 Å². The molecule has 3 nitrogen and oxygen atoms in total. The molecule has 1 heterocycles. The lowest BCUT2D eigenvalue weighted by atomic mass is 10.1. The third-order valence-corrected chi connectivity index (χ3v) is 3.98. The van der Waals surface area contributed by atoms with E-state index in [-0.39, 0.29) is 5.91 Å². The Bertz CT molecular complexity index is 448. The molecule has 0 unspecified atom stereocenters. The van der Waals surface area contributed by atoms with Crippen LogP contribution in [-0.2, 0) is 0 Å². The van der Waals surface area contributed by atoms with Crippen molar-refractivity contribution in [3.63, 3.8) is 0 Å². The molecule has 1 N–H and O–H groups in total. The molecule has 0 bridgehead atoms. The molecule has 0 saturated carbocycles. The molecule has 3 heteroatoms. The lowest BCUT2D eigenvalue weighted by molar-refractivity contribution is 0.0742. The molecule has 1 aromatic rings. The summed E-state index contributed by atoms with van der Waals surface area (Å²) in [6.45, 7) is 6.86. The summed E-state index contributed by atoms with van der Waals surface area (Å²) in [5.41, 5.74) is 3.09. The number of carbonyl (C=O) groups excluding carboxylic acids is 1. The highest BCUT2D eigenvalue weighted by Crippen LogP contribution is 2.19. The molecule has 110 valence electrons. The molecule has 1 fully saturated rings. The van der Waals surface area contributed by atoms with Crippen LogP contribution in [0.4, 0.5) is 5.69 Å². The van der Waals surface area contributed by atoms with E-state index in [1.54, 1.807) is 0 Å². The molecule has 1 aliphatic rings. The van der Waals surface area contributed by atoms with Crippen LogP contribution in [0.25, 0.3) is 0 Å². The highest BCUT2D eigenvalue weighted by Gasteiger charge is 2.17. The lowest BCUT2D eigenvalue weighted by Crippen LogP contribution is -2.33. The van der Waals surface area contributed by atoms with Crippen molar-refractivity contribution in [1.29, 1.82) is 0 Å². The number of likely N-dealkylation sites (tertiary alicyclic amines) is 1. The first-order valence-electron chi connectivity index (χ1n) is 7.86. The first kappa shape index (κ1) is 14.9. The third kappa shape index (κ3) is 3.75. The fraction of sp³-hybridized carbons (Fsp3) is 0.588. The van der Waals surface area contributed by atoms with E-state index >= 15 is 0 Å². The van der Waals surface area contributed by atoms with Crippen molar-refractivity contribution in [2.45, 2.75) is 46.0 Å². The van der Waals surface area contributed by atoms with Crippen molar-refractivity contribution >= 4 is 11.6 Å². The standard InChI is InChI=1S/C17H26N2O/c1-3-18-16-10-9-15(13-14(16)2)17(20)19-11-7-5-4-6-8-12-19/h9-10,13,18H,3-8,11-12H2,1-2H3. The van der Waals surface area contributed by atoms with Gasteiger partial charge in [0.05, 0.1) is 0 Å². The largest absolute Gasteiger partial charge is 0.385 e. The number of benzene rings is 1. The van der Waals surface area contributed by atoms with Crippen molar-refractivity contribution < 1.29 is 4.79 Å². The maximum absolute atomic E-state index is 12.6. The van der Waals surface area contributed by atoms with Crippen molar-refractivity contribution in [2.75, 3.05) is 25.0 Å². The van der Waals surface area contributed by atoms with E-state index in [0.29, 0.717) is 0 Å². The average Bonchev–Trinajstić information content (AvgIpc) is 2.40. The molecule has 0 spiro atoms. The molecule has 1 aliphatic heterocycles. The second-order valence-corrected chi connectivity index (χ2v) is 5.62. The summed E-state index contributed by atoms with van der Waals surface area (Å²) in [5.74, 6) is 0.193. The second-order valence-electron chi connectivity index (χ2n) is 5.62. The Kier molecular flexibility index (Phi) is 5.45. The van der Waals surface area contributed by atoms with Gasteiger partial charge in [-0.15, -0.1) is 0 Å². The Morgan fingerprint density at radius 2 is 1.80 bits per heavy atom. The molecule has 1 aromatic carbocycles. The van der Waals surface area contributed by atoms with Crippen LogP contribution in [0.15, 0.2) is 18.2 Å². The number of hydrogen-bond acceptors (Lipinski definition) is 2. The number of aryl methyl sites for hydroxylation is 1. The van der Waals surface area contributed by atoms with Crippen LogP contribution in [0, 0.1) is 6.92 Å². The number of nitrogens with one attached hydrogen (secondary N) is 1. The topological polar surface area (TPSA) is 32.3 Å². The normalized spacial score (nSPS) is 16.4. The summed E-state index contributed by atoms with van der Waals surface area (Å²) in [5, 5.41) is 3.31. The van der Waals surface area contributed by atoms with Crippen LogP contribution in [0.2, 0.25) is 0 Å². The van der Waals surface area contributed by atoms with E-state index in [2.05, 4.69) is 19.2 Å². The Morgan fingerprint density at radius 1 is 1.15 bits per heavy atom. The molecule has 0 atom stereocenters. The summed E-state index contributed by atoms with van der Waals surface area (Å²) < 4.78 is 0. The van der Waals surface area contributed by atoms with Crippen LogP contribution >= 0.6 is 0 Å². The van der Waals surface area contributed by atoms with Gasteiger partial charge in [0.15, 0.2) is 0 Å². The second kappa shape index (κ2) is 7.32. The van der Waals surface area contributed by atoms with Crippen molar-refractivity contribution in [3.8, 4) is 0 Å². The Hall–Kier alpha value is -1.51. The minimum Gasteiger partial charge on any atom is -0.385 e. The van der Waals surface area contributed by atoms with Crippen LogP contribution in [0.5, 0.6) is 0 Å². The van der Waals surface area contributed by atoms with E-state index in [9.17, 15) is 4.79 Å². The van der Waals surface area contributed by atoms with Gasteiger partial charge in [-0.2, -0.15) is 0 Å². The van der Waals surface area contributed by atoms with E-state index in [4.69, 9.17) is 0 Å². The maximum atomic E-state index is 12.6. The molecule has 0 aliphatic carbocycles. The molecule has 2 rings (SSSR count). The van der Waals surface area contributed by atoms with Gasteiger partial charge in [0, 0.05) is 30.9 Å². The van der Waals surface area contributed by atoms with Crippen molar-refractivity contribution in [1.82, 2.24) is 4.90 Å². The summed E-state index contributed by atoms with van der Waals surface area (Å²) in [4.78, 5) is 14.6. The van der Waals surface area contributed by atoms with E-state index in [1.807, 2.05) is 23.1 Å². The number of hydrogen-bond donors (Lipinski definition) is 1. The molecule has 1 saturated heterocycles. The smallest absolute Gasteiger partial charge is 0.253 e. The molecular weight excluding hydrogens is 248 g/mol. The molecule has 0 radical (unpaired) electrons. The number of rotatable bonds is 3. The number of nitrogens with zero attached hydrogens (tertiary/aromatic N) is 1. The fourth-order valence-electron chi connectivity index (χ4n) is 2.82. The predicted molar refractivity (Wildman–Crippen MR) is 84.3 cm³/mol. The van der Waals surface area contributed by atoms with Crippen LogP contribution < -0.4 is 5.32 Å². The first-order chi connectivity index (χ1) is 9.72. The van der Waals surface area contributed by atoms with Gasteiger partial charge >= 0.3 is 0 Å². The summed E-state index contributed by atoms with van der Waals surface area (Å²) in [6, 6.07) is 5.99. The zero-order valence-corrected chi connectivity index (χ0v) is 12.7. The lowest BCUT2D eigenvalue weighted by Gasteiger charge is -2.25. The van der Waals surface area contributed by atoms with Gasteiger partial charge in [-0.05, 0) is 50.5 Å². The van der Waals surface area contributed by atoms with E-state index < -0.39 is 0 Å². The van der Waals surface area contributed by atoms with Gasteiger partial charge in [0.2, 0.25) is 0 Å². The third-order valence-electron chi connectivity index (χ3n) is 3.98. The number of carbonyl (C=O) groups is 1. The summed E-state index contributed by atoms with van der Waals surface area (Å²) >= 11 is 0. The molecule has 1 amide bonds. The quantitative estimate of drug-likeness (QED) is 0.908. The Balaban J connectivity index is 2.09. The zero-order valence-electron chi connectivity index (χ0n) is 12.7. The highest BCUT2D eigenvalue weighted by atomic mass is 16.2. The summed E-state index contributed by atoms with van der Waals surface area (Å²) in [7, 11) is 0. The predicted octanol–water partition coefficient (Wildman–Crippen LogP) is 3.83. The fourth-order valence-corrected chi connectivity index (χ4v) is 2.82. The maximum Gasteiger partial charge on any atom is 0.253 e.